The van der Waals surface area contributed by atoms with Gasteiger partial charge in [0.25, 0.3) is 0 Å². The van der Waals surface area contributed by atoms with Gasteiger partial charge in [-0.2, -0.15) is 0 Å². The van der Waals surface area contributed by atoms with Crippen LogP contribution in [0.5, 0.6) is 0 Å². The predicted molar refractivity (Wildman–Crippen MR) is 77.0 cm³/mol. The number of methoxy groups -OCH3 is 1. The molecule has 106 valence electrons. The topological polar surface area (TPSA) is 67.6 Å². The fourth-order valence-electron chi connectivity index (χ4n) is 1.73. The van der Waals surface area contributed by atoms with Crippen LogP contribution in [0.15, 0.2) is 24.3 Å². The lowest BCUT2D eigenvalue weighted by atomic mass is 10.2. The highest BCUT2D eigenvalue weighted by atomic mass is 16.5. The van der Waals surface area contributed by atoms with E-state index in [1.807, 2.05) is 36.2 Å². The van der Waals surface area contributed by atoms with Crippen molar-refractivity contribution in [2.45, 2.75) is 13.0 Å². The van der Waals surface area contributed by atoms with Gasteiger partial charge in [-0.25, -0.2) is 0 Å². The van der Waals surface area contributed by atoms with E-state index in [1.165, 1.54) is 0 Å². The lowest BCUT2D eigenvalue weighted by Gasteiger charge is -2.16. The number of anilines is 1. The standard InChI is InChI=1S/C14H23N3O2/c1-17(8-3-9-19-2)11-14(18)16-13-6-4-12(10-15)5-7-13/h4-7H,3,8-11,15H2,1-2H3,(H,16,18). The van der Waals surface area contributed by atoms with Crippen molar-refractivity contribution in [2.75, 3.05) is 39.2 Å². The summed E-state index contributed by atoms with van der Waals surface area (Å²) in [5.41, 5.74) is 7.37. The fraction of sp³-hybridized carbons (Fsp3) is 0.500. The number of hydrogen-bond acceptors (Lipinski definition) is 4. The average Bonchev–Trinajstić information content (AvgIpc) is 2.39. The van der Waals surface area contributed by atoms with Crippen LogP contribution in [0.4, 0.5) is 5.69 Å². The second-order valence-electron chi connectivity index (χ2n) is 4.53. The Morgan fingerprint density at radius 2 is 2.05 bits per heavy atom. The molecule has 0 unspecified atom stereocenters. The Morgan fingerprint density at radius 1 is 1.37 bits per heavy atom. The fourth-order valence-corrected chi connectivity index (χ4v) is 1.73. The summed E-state index contributed by atoms with van der Waals surface area (Å²) in [5, 5.41) is 2.86. The van der Waals surface area contributed by atoms with Crippen LogP contribution >= 0.6 is 0 Å². The van der Waals surface area contributed by atoms with Crippen LogP contribution < -0.4 is 11.1 Å². The SMILES string of the molecule is COCCCN(C)CC(=O)Nc1ccc(CN)cc1. The van der Waals surface area contributed by atoms with Crippen molar-refractivity contribution in [2.24, 2.45) is 5.73 Å². The highest BCUT2D eigenvalue weighted by Gasteiger charge is 2.06. The van der Waals surface area contributed by atoms with Gasteiger partial charge in [-0.05, 0) is 31.2 Å². The molecule has 1 amide bonds. The Labute approximate surface area is 114 Å². The zero-order valence-corrected chi connectivity index (χ0v) is 11.7. The largest absolute Gasteiger partial charge is 0.385 e. The van der Waals surface area contributed by atoms with E-state index in [4.69, 9.17) is 10.5 Å². The van der Waals surface area contributed by atoms with Gasteiger partial charge < -0.3 is 15.8 Å². The molecule has 0 saturated carbocycles. The molecular formula is C14H23N3O2. The first-order chi connectivity index (χ1) is 9.15. The van der Waals surface area contributed by atoms with E-state index in [0.717, 1.165) is 24.2 Å². The summed E-state index contributed by atoms with van der Waals surface area (Å²) in [6.45, 7) is 2.44. The molecule has 5 nitrogen and oxygen atoms in total. The molecule has 1 aromatic carbocycles. The van der Waals surface area contributed by atoms with Crippen LogP contribution in [0.1, 0.15) is 12.0 Å². The number of likely N-dealkylation sites (N-methyl/N-ethyl adjacent to an activating group) is 1. The average molecular weight is 265 g/mol. The second-order valence-corrected chi connectivity index (χ2v) is 4.53. The third-order valence-electron chi connectivity index (χ3n) is 2.78. The van der Waals surface area contributed by atoms with Crippen molar-refractivity contribution < 1.29 is 9.53 Å². The Kier molecular flexibility index (Phi) is 7.10. The van der Waals surface area contributed by atoms with Gasteiger partial charge in [0, 0.05) is 32.5 Å². The third-order valence-corrected chi connectivity index (χ3v) is 2.78. The number of amides is 1. The molecule has 0 aliphatic carbocycles. The number of nitrogens with zero attached hydrogens (tertiary/aromatic N) is 1. The number of carbonyl (C=O) groups excluding carboxylic acids is 1. The molecule has 0 aromatic heterocycles. The summed E-state index contributed by atoms with van der Waals surface area (Å²) in [7, 11) is 3.60. The van der Waals surface area contributed by atoms with Gasteiger partial charge in [-0.1, -0.05) is 12.1 Å². The first-order valence-corrected chi connectivity index (χ1v) is 6.42. The van der Waals surface area contributed by atoms with Crippen LogP contribution in [0, 0.1) is 0 Å². The van der Waals surface area contributed by atoms with Gasteiger partial charge >= 0.3 is 0 Å². The molecule has 3 N–H and O–H groups in total. The summed E-state index contributed by atoms with van der Waals surface area (Å²) < 4.78 is 4.98. The van der Waals surface area contributed by atoms with Crippen molar-refractivity contribution in [1.29, 1.82) is 0 Å². The first-order valence-electron chi connectivity index (χ1n) is 6.42. The minimum atomic E-state index is -0.0135. The number of carbonyl (C=O) groups is 1. The summed E-state index contributed by atoms with van der Waals surface area (Å²) >= 11 is 0. The maximum absolute atomic E-state index is 11.8. The number of hydrogen-bond donors (Lipinski definition) is 2. The maximum atomic E-state index is 11.8. The molecule has 0 atom stereocenters. The van der Waals surface area contributed by atoms with E-state index in [2.05, 4.69) is 5.32 Å². The molecule has 0 aliphatic rings. The van der Waals surface area contributed by atoms with Gasteiger partial charge in [0.05, 0.1) is 6.54 Å². The Hall–Kier alpha value is -1.43. The molecule has 0 saturated heterocycles. The van der Waals surface area contributed by atoms with Gasteiger partial charge in [-0.15, -0.1) is 0 Å². The first kappa shape index (κ1) is 15.6. The predicted octanol–water partition coefficient (Wildman–Crippen LogP) is 1.05. The van der Waals surface area contributed by atoms with E-state index in [9.17, 15) is 4.79 Å². The highest BCUT2D eigenvalue weighted by molar-refractivity contribution is 5.92. The smallest absolute Gasteiger partial charge is 0.238 e. The summed E-state index contributed by atoms with van der Waals surface area (Å²) in [4.78, 5) is 13.8. The van der Waals surface area contributed by atoms with Crippen molar-refractivity contribution >= 4 is 11.6 Å². The molecule has 0 fully saturated rings. The monoisotopic (exact) mass is 265 g/mol. The van der Waals surface area contributed by atoms with E-state index in [1.54, 1.807) is 7.11 Å². The van der Waals surface area contributed by atoms with E-state index < -0.39 is 0 Å². The summed E-state index contributed by atoms with van der Waals surface area (Å²) in [5.74, 6) is -0.0135. The molecular weight excluding hydrogens is 242 g/mol. The normalized spacial score (nSPS) is 10.7. The number of nitrogens with one attached hydrogen (secondary N) is 1. The van der Waals surface area contributed by atoms with Gasteiger partial charge in [0.15, 0.2) is 0 Å². The summed E-state index contributed by atoms with van der Waals surface area (Å²) in [6.07, 6.45) is 0.922. The van der Waals surface area contributed by atoms with Crippen LogP contribution in [0.25, 0.3) is 0 Å². The third kappa shape index (κ3) is 6.33. The van der Waals surface area contributed by atoms with Gasteiger partial charge in [-0.3, -0.25) is 9.69 Å². The Balaban J connectivity index is 2.33. The van der Waals surface area contributed by atoms with Crippen LogP contribution in [-0.4, -0.2) is 44.7 Å². The second kappa shape index (κ2) is 8.63. The highest BCUT2D eigenvalue weighted by Crippen LogP contribution is 2.08. The molecule has 0 heterocycles. The number of benzene rings is 1. The molecule has 1 aromatic rings. The quantitative estimate of drug-likeness (QED) is 0.690. The number of ether oxygens (including phenoxy) is 1. The number of rotatable bonds is 8. The van der Waals surface area contributed by atoms with Crippen LogP contribution in [0.3, 0.4) is 0 Å². The Bertz CT molecular complexity index is 379. The van der Waals surface area contributed by atoms with Crippen molar-refractivity contribution in [3.05, 3.63) is 29.8 Å². The van der Waals surface area contributed by atoms with E-state index in [-0.39, 0.29) is 5.91 Å². The zero-order valence-electron chi connectivity index (χ0n) is 11.7. The minimum absolute atomic E-state index is 0.0135. The minimum Gasteiger partial charge on any atom is -0.385 e. The summed E-state index contributed by atoms with van der Waals surface area (Å²) in [6, 6.07) is 7.56. The molecule has 0 radical (unpaired) electrons. The van der Waals surface area contributed by atoms with Gasteiger partial charge in [0.1, 0.15) is 0 Å². The molecule has 1 rings (SSSR count). The van der Waals surface area contributed by atoms with Crippen molar-refractivity contribution in [1.82, 2.24) is 4.90 Å². The maximum Gasteiger partial charge on any atom is 0.238 e. The van der Waals surface area contributed by atoms with Crippen molar-refractivity contribution in [3.63, 3.8) is 0 Å². The molecule has 0 aliphatic heterocycles. The zero-order chi connectivity index (χ0) is 14.1. The molecule has 19 heavy (non-hydrogen) atoms. The lowest BCUT2D eigenvalue weighted by molar-refractivity contribution is -0.117. The van der Waals surface area contributed by atoms with Crippen LogP contribution in [-0.2, 0) is 16.1 Å². The molecule has 0 bridgehead atoms. The van der Waals surface area contributed by atoms with Gasteiger partial charge in [0.2, 0.25) is 5.91 Å². The van der Waals surface area contributed by atoms with E-state index >= 15 is 0 Å². The number of nitrogens with two attached hydrogens (primary N) is 1. The Morgan fingerprint density at radius 3 is 2.63 bits per heavy atom. The molecule has 5 heteroatoms. The lowest BCUT2D eigenvalue weighted by Crippen LogP contribution is -2.31. The van der Waals surface area contributed by atoms with Crippen LogP contribution in [0.2, 0.25) is 0 Å². The van der Waals surface area contributed by atoms with Crippen molar-refractivity contribution in [3.8, 4) is 0 Å². The molecule has 0 spiro atoms. The van der Waals surface area contributed by atoms with E-state index in [0.29, 0.717) is 19.7 Å².